The lowest BCUT2D eigenvalue weighted by molar-refractivity contribution is 0.0740. The summed E-state index contributed by atoms with van der Waals surface area (Å²) >= 11 is 0. The van der Waals surface area contributed by atoms with Crippen LogP contribution in [0.4, 0.5) is 17.3 Å². The van der Waals surface area contributed by atoms with E-state index in [0.717, 1.165) is 30.4 Å². The molecule has 3 heterocycles. The molecule has 1 aliphatic rings. The topological polar surface area (TPSA) is 74.2 Å². The highest BCUT2D eigenvalue weighted by molar-refractivity contribution is 5.92. The van der Waals surface area contributed by atoms with Crippen LogP contribution < -0.4 is 10.2 Å². The smallest absolute Gasteiger partial charge is 0.272 e. The zero-order chi connectivity index (χ0) is 20.2. The molecule has 0 unspecified atom stereocenters. The summed E-state index contributed by atoms with van der Waals surface area (Å²) in [6.07, 6.45) is 1.65. The molecular weight excluding hydrogens is 364 g/mol. The number of amides is 1. The van der Waals surface area contributed by atoms with E-state index < -0.39 is 0 Å². The summed E-state index contributed by atoms with van der Waals surface area (Å²) in [4.78, 5) is 29.9. The number of hydrogen-bond donors (Lipinski definition) is 1. The molecule has 1 aromatic carbocycles. The fraction of sp³-hybridized carbons (Fsp3) is 0.273. The summed E-state index contributed by atoms with van der Waals surface area (Å²) in [5.41, 5.74) is 2.70. The number of benzene rings is 1. The zero-order valence-corrected chi connectivity index (χ0v) is 16.7. The number of rotatable bonds is 4. The van der Waals surface area contributed by atoms with E-state index in [0.29, 0.717) is 24.6 Å². The van der Waals surface area contributed by atoms with Gasteiger partial charge in [-0.15, -0.1) is 0 Å². The van der Waals surface area contributed by atoms with Crippen molar-refractivity contribution in [3.05, 3.63) is 71.8 Å². The Balaban J connectivity index is 1.43. The van der Waals surface area contributed by atoms with Gasteiger partial charge in [-0.3, -0.25) is 9.78 Å². The minimum atomic E-state index is -0.0224. The van der Waals surface area contributed by atoms with E-state index in [4.69, 9.17) is 0 Å². The van der Waals surface area contributed by atoms with E-state index >= 15 is 0 Å². The van der Waals surface area contributed by atoms with Gasteiger partial charge in [-0.05, 0) is 38.1 Å². The van der Waals surface area contributed by atoms with Crippen LogP contribution in [-0.2, 0) is 0 Å². The number of nitrogens with zero attached hydrogens (tertiary/aromatic N) is 5. The molecule has 148 valence electrons. The molecular formula is C22H24N6O. The Bertz CT molecular complexity index is 982. The largest absolute Gasteiger partial charge is 0.353 e. The molecule has 1 fully saturated rings. The van der Waals surface area contributed by atoms with Crippen molar-refractivity contribution in [1.82, 2.24) is 19.9 Å². The van der Waals surface area contributed by atoms with Crippen molar-refractivity contribution in [3.63, 3.8) is 0 Å². The molecule has 29 heavy (non-hydrogen) atoms. The quantitative estimate of drug-likeness (QED) is 0.740. The van der Waals surface area contributed by atoms with Gasteiger partial charge in [-0.25, -0.2) is 9.97 Å². The molecule has 0 saturated carbocycles. The number of anilines is 3. The van der Waals surface area contributed by atoms with Gasteiger partial charge in [-0.1, -0.05) is 23.8 Å². The molecule has 1 amide bonds. The number of hydrogen-bond acceptors (Lipinski definition) is 6. The van der Waals surface area contributed by atoms with Gasteiger partial charge in [0.1, 0.15) is 23.2 Å². The SMILES string of the molecule is Cc1ccc(Nc2cc(N3CCN(C(=O)c4ccccn4)CC3)nc(C)n2)cc1. The van der Waals surface area contributed by atoms with E-state index in [1.807, 2.05) is 42.2 Å². The van der Waals surface area contributed by atoms with Gasteiger partial charge in [0.25, 0.3) is 5.91 Å². The molecule has 0 radical (unpaired) electrons. The third-order valence-corrected chi connectivity index (χ3v) is 4.92. The van der Waals surface area contributed by atoms with Gasteiger partial charge in [0, 0.05) is 44.1 Å². The van der Waals surface area contributed by atoms with Crippen molar-refractivity contribution in [3.8, 4) is 0 Å². The van der Waals surface area contributed by atoms with E-state index in [9.17, 15) is 4.79 Å². The Morgan fingerprint density at radius 3 is 2.41 bits per heavy atom. The lowest BCUT2D eigenvalue weighted by atomic mass is 10.2. The summed E-state index contributed by atoms with van der Waals surface area (Å²) in [6.45, 7) is 6.68. The number of aryl methyl sites for hydroxylation is 2. The first kappa shape index (κ1) is 18.9. The number of carbonyl (C=O) groups excluding carboxylic acids is 1. The molecule has 7 heteroatoms. The number of piperazine rings is 1. The molecule has 2 aromatic heterocycles. The van der Waals surface area contributed by atoms with Gasteiger partial charge in [-0.2, -0.15) is 0 Å². The van der Waals surface area contributed by atoms with Gasteiger partial charge in [0.15, 0.2) is 0 Å². The summed E-state index contributed by atoms with van der Waals surface area (Å²) in [5, 5.41) is 3.35. The Hall–Kier alpha value is -3.48. The van der Waals surface area contributed by atoms with E-state index in [1.165, 1.54) is 5.56 Å². The highest BCUT2D eigenvalue weighted by Gasteiger charge is 2.24. The van der Waals surface area contributed by atoms with Crippen LogP contribution in [0.25, 0.3) is 0 Å². The van der Waals surface area contributed by atoms with Crippen LogP contribution in [0, 0.1) is 13.8 Å². The van der Waals surface area contributed by atoms with Crippen LogP contribution in [0.2, 0.25) is 0 Å². The lowest BCUT2D eigenvalue weighted by Crippen LogP contribution is -2.49. The van der Waals surface area contributed by atoms with Crippen LogP contribution in [0.15, 0.2) is 54.7 Å². The Labute approximate surface area is 170 Å². The maximum absolute atomic E-state index is 12.6. The predicted octanol–water partition coefficient (Wildman–Crippen LogP) is 3.19. The fourth-order valence-corrected chi connectivity index (χ4v) is 3.35. The third-order valence-electron chi connectivity index (χ3n) is 4.92. The molecule has 3 aromatic rings. The molecule has 0 aliphatic carbocycles. The summed E-state index contributed by atoms with van der Waals surface area (Å²) in [5.74, 6) is 2.33. The van der Waals surface area contributed by atoms with Crippen molar-refractivity contribution in [2.24, 2.45) is 0 Å². The summed E-state index contributed by atoms with van der Waals surface area (Å²) in [7, 11) is 0. The average molecular weight is 388 g/mol. The molecule has 0 bridgehead atoms. The maximum atomic E-state index is 12.6. The molecule has 4 rings (SSSR count). The van der Waals surface area contributed by atoms with Gasteiger partial charge < -0.3 is 15.1 Å². The molecule has 7 nitrogen and oxygen atoms in total. The van der Waals surface area contributed by atoms with E-state index in [2.05, 4.69) is 44.2 Å². The summed E-state index contributed by atoms with van der Waals surface area (Å²) in [6, 6.07) is 15.6. The number of aromatic nitrogens is 3. The second-order valence-electron chi connectivity index (χ2n) is 7.14. The molecule has 1 saturated heterocycles. The maximum Gasteiger partial charge on any atom is 0.272 e. The monoisotopic (exact) mass is 388 g/mol. The first-order valence-electron chi connectivity index (χ1n) is 9.73. The van der Waals surface area contributed by atoms with Gasteiger partial charge in [0.05, 0.1) is 0 Å². The van der Waals surface area contributed by atoms with Crippen LogP contribution in [0.3, 0.4) is 0 Å². The molecule has 0 spiro atoms. The van der Waals surface area contributed by atoms with Crippen LogP contribution in [0.1, 0.15) is 21.9 Å². The van der Waals surface area contributed by atoms with Crippen LogP contribution in [0.5, 0.6) is 0 Å². The average Bonchev–Trinajstić information content (AvgIpc) is 2.75. The Morgan fingerprint density at radius 2 is 1.72 bits per heavy atom. The predicted molar refractivity (Wildman–Crippen MR) is 114 cm³/mol. The van der Waals surface area contributed by atoms with Crippen molar-refractivity contribution < 1.29 is 4.79 Å². The van der Waals surface area contributed by atoms with Crippen molar-refractivity contribution in [2.75, 3.05) is 36.4 Å². The minimum Gasteiger partial charge on any atom is -0.353 e. The first-order chi connectivity index (χ1) is 14.1. The second-order valence-corrected chi connectivity index (χ2v) is 7.14. The number of carbonyl (C=O) groups is 1. The Morgan fingerprint density at radius 1 is 0.966 bits per heavy atom. The number of pyridine rings is 1. The highest BCUT2D eigenvalue weighted by Crippen LogP contribution is 2.21. The standard InChI is InChI=1S/C22H24N6O/c1-16-6-8-18(9-7-16)26-20-15-21(25-17(2)24-20)27-11-13-28(14-12-27)22(29)19-5-3-4-10-23-19/h3-10,15H,11-14H2,1-2H3,(H,24,25,26). The van der Waals surface area contributed by atoms with Crippen molar-refractivity contribution >= 4 is 23.2 Å². The normalized spacial score (nSPS) is 14.0. The van der Waals surface area contributed by atoms with E-state index in [1.54, 1.807) is 12.3 Å². The molecule has 1 N–H and O–H groups in total. The zero-order valence-electron chi connectivity index (χ0n) is 16.7. The van der Waals surface area contributed by atoms with Crippen LogP contribution >= 0.6 is 0 Å². The fourth-order valence-electron chi connectivity index (χ4n) is 3.35. The molecule has 1 aliphatic heterocycles. The first-order valence-corrected chi connectivity index (χ1v) is 9.73. The van der Waals surface area contributed by atoms with Crippen molar-refractivity contribution in [1.29, 1.82) is 0 Å². The van der Waals surface area contributed by atoms with Gasteiger partial charge >= 0.3 is 0 Å². The van der Waals surface area contributed by atoms with Crippen molar-refractivity contribution in [2.45, 2.75) is 13.8 Å². The minimum absolute atomic E-state index is 0.0224. The van der Waals surface area contributed by atoms with Gasteiger partial charge in [0.2, 0.25) is 0 Å². The van der Waals surface area contributed by atoms with E-state index in [-0.39, 0.29) is 5.91 Å². The summed E-state index contributed by atoms with van der Waals surface area (Å²) < 4.78 is 0. The Kier molecular flexibility index (Phi) is 5.37. The van der Waals surface area contributed by atoms with Crippen LogP contribution in [-0.4, -0.2) is 51.9 Å². The lowest BCUT2D eigenvalue weighted by Gasteiger charge is -2.35. The second kappa shape index (κ2) is 8.26. The molecule has 0 atom stereocenters. The third kappa shape index (κ3) is 4.51. The highest BCUT2D eigenvalue weighted by atomic mass is 16.2. The number of nitrogens with one attached hydrogen (secondary N) is 1.